The van der Waals surface area contributed by atoms with Crippen molar-refractivity contribution in [2.75, 3.05) is 18.5 Å². The van der Waals surface area contributed by atoms with E-state index in [1.54, 1.807) is 47.4 Å². The number of fused-ring (bicyclic) bond motifs is 1. The molecule has 2 fully saturated rings. The molecule has 2 heterocycles. The van der Waals surface area contributed by atoms with Crippen molar-refractivity contribution in [2.45, 2.75) is 45.7 Å². The Morgan fingerprint density at radius 2 is 1.86 bits per heavy atom. The first-order chi connectivity index (χ1) is 17.9. The predicted molar refractivity (Wildman–Crippen MR) is 140 cm³/mol. The van der Waals surface area contributed by atoms with E-state index in [-0.39, 0.29) is 42.4 Å². The van der Waals surface area contributed by atoms with E-state index in [9.17, 15) is 19.6 Å². The fourth-order valence-electron chi connectivity index (χ4n) is 4.42. The molecule has 2 aliphatic heterocycles. The lowest BCUT2D eigenvalue weighted by Crippen LogP contribution is -2.57. The van der Waals surface area contributed by atoms with E-state index in [1.165, 1.54) is 0 Å². The number of hydrazine groups is 1. The molecule has 1 saturated heterocycles. The van der Waals surface area contributed by atoms with E-state index < -0.39 is 0 Å². The standard InChI is InChI=1S/C26H26N6O3.C2H6/c1-16-14-31(15-28-24(33)18-5-3-2-4-6-18)26(35)23-12-22(30-32(16)23)20-10-7-17(13-27)11-21(20)29-25(34)19-8-9-19;1-2/h2-7,10-12,16,19,22,30H,8-9,14-15H2,1H3,(H,28,33)(H,29,34);1-2H3. The molecule has 2 unspecified atom stereocenters. The Hall–Kier alpha value is -4.16. The van der Waals surface area contributed by atoms with Gasteiger partial charge in [0.05, 0.1) is 30.4 Å². The normalized spacial score (nSPS) is 20.2. The molecule has 1 saturated carbocycles. The van der Waals surface area contributed by atoms with Crippen LogP contribution < -0.4 is 16.1 Å². The van der Waals surface area contributed by atoms with Gasteiger partial charge in [0.1, 0.15) is 5.70 Å². The van der Waals surface area contributed by atoms with Crippen molar-refractivity contribution in [3.8, 4) is 6.07 Å². The zero-order chi connectivity index (χ0) is 26.5. The second kappa shape index (κ2) is 11.3. The fraction of sp³-hybridized carbons (Fsp3) is 0.357. The van der Waals surface area contributed by atoms with E-state index in [0.717, 1.165) is 18.4 Å². The maximum Gasteiger partial charge on any atom is 0.272 e. The Morgan fingerprint density at radius 3 is 2.54 bits per heavy atom. The number of rotatable bonds is 6. The van der Waals surface area contributed by atoms with Gasteiger partial charge in [-0.3, -0.25) is 19.4 Å². The molecule has 0 radical (unpaired) electrons. The van der Waals surface area contributed by atoms with E-state index in [2.05, 4.69) is 22.1 Å². The van der Waals surface area contributed by atoms with E-state index in [4.69, 9.17) is 0 Å². The van der Waals surface area contributed by atoms with Gasteiger partial charge < -0.3 is 15.5 Å². The van der Waals surface area contributed by atoms with Crippen LogP contribution in [0.5, 0.6) is 0 Å². The van der Waals surface area contributed by atoms with E-state index in [0.29, 0.717) is 29.1 Å². The second-order valence-electron chi connectivity index (χ2n) is 9.11. The summed E-state index contributed by atoms with van der Waals surface area (Å²) in [6.07, 6.45) is 3.58. The minimum absolute atomic E-state index is 0.0241. The molecule has 192 valence electrons. The number of nitrogens with zero attached hydrogens (tertiary/aromatic N) is 3. The SMILES string of the molecule is CC.CC1CN(CNC(=O)c2ccccc2)C(=O)C2=CC(c3ccc(C#N)cc3NC(=O)C3CC3)NN21. The van der Waals surface area contributed by atoms with Crippen molar-refractivity contribution < 1.29 is 14.4 Å². The number of carbonyl (C=O) groups is 3. The third kappa shape index (κ3) is 5.65. The lowest BCUT2D eigenvalue weighted by molar-refractivity contribution is -0.134. The van der Waals surface area contributed by atoms with Gasteiger partial charge in [-0.2, -0.15) is 5.26 Å². The summed E-state index contributed by atoms with van der Waals surface area (Å²) >= 11 is 0. The van der Waals surface area contributed by atoms with Crippen LogP contribution in [0.4, 0.5) is 5.69 Å². The maximum absolute atomic E-state index is 13.3. The number of hydrogen-bond donors (Lipinski definition) is 3. The highest BCUT2D eigenvalue weighted by molar-refractivity contribution is 5.97. The van der Waals surface area contributed by atoms with Crippen molar-refractivity contribution in [2.24, 2.45) is 5.92 Å². The number of anilines is 1. The Balaban J connectivity index is 0.00000156. The summed E-state index contributed by atoms with van der Waals surface area (Å²) in [7, 11) is 0. The molecule has 3 aliphatic rings. The van der Waals surface area contributed by atoms with Gasteiger partial charge in [-0.15, -0.1) is 0 Å². The number of nitrogens with one attached hydrogen (secondary N) is 3. The largest absolute Gasteiger partial charge is 0.334 e. The first-order valence-electron chi connectivity index (χ1n) is 12.7. The van der Waals surface area contributed by atoms with Crippen molar-refractivity contribution in [3.63, 3.8) is 0 Å². The van der Waals surface area contributed by atoms with Gasteiger partial charge in [0.25, 0.3) is 11.8 Å². The van der Waals surface area contributed by atoms with Crippen molar-refractivity contribution >= 4 is 23.4 Å². The number of benzene rings is 2. The van der Waals surface area contributed by atoms with Gasteiger partial charge >= 0.3 is 0 Å². The minimum Gasteiger partial charge on any atom is -0.334 e. The van der Waals surface area contributed by atoms with Gasteiger partial charge in [0.2, 0.25) is 5.91 Å². The molecule has 2 aromatic rings. The average Bonchev–Trinajstić information content (AvgIpc) is 3.69. The molecule has 0 bridgehead atoms. The fourth-order valence-corrected chi connectivity index (χ4v) is 4.42. The zero-order valence-corrected chi connectivity index (χ0v) is 21.3. The molecule has 9 heteroatoms. The molecule has 2 atom stereocenters. The molecule has 1 aliphatic carbocycles. The smallest absolute Gasteiger partial charge is 0.272 e. The van der Waals surface area contributed by atoms with Crippen LogP contribution in [0.15, 0.2) is 60.3 Å². The Labute approximate surface area is 217 Å². The summed E-state index contributed by atoms with van der Waals surface area (Å²) < 4.78 is 0. The number of carbonyl (C=O) groups excluding carboxylic acids is 3. The molecule has 3 N–H and O–H groups in total. The van der Waals surface area contributed by atoms with Crippen molar-refractivity contribution in [1.82, 2.24) is 20.7 Å². The van der Waals surface area contributed by atoms with E-state index in [1.807, 2.05) is 37.9 Å². The maximum atomic E-state index is 13.3. The molecular weight excluding hydrogens is 468 g/mol. The number of nitriles is 1. The predicted octanol–water partition coefficient (Wildman–Crippen LogP) is 3.30. The number of hydrogen-bond acceptors (Lipinski definition) is 6. The first kappa shape index (κ1) is 25.9. The number of piperazine rings is 1. The van der Waals surface area contributed by atoms with Crippen LogP contribution in [-0.2, 0) is 9.59 Å². The number of amides is 3. The van der Waals surface area contributed by atoms with Crippen LogP contribution >= 0.6 is 0 Å². The lowest BCUT2D eigenvalue weighted by Gasteiger charge is -2.39. The Morgan fingerprint density at radius 1 is 1.14 bits per heavy atom. The van der Waals surface area contributed by atoms with E-state index >= 15 is 0 Å². The molecule has 0 aromatic heterocycles. The van der Waals surface area contributed by atoms with Crippen LogP contribution in [0.1, 0.15) is 61.1 Å². The third-order valence-corrected chi connectivity index (χ3v) is 6.48. The average molecular weight is 501 g/mol. The summed E-state index contributed by atoms with van der Waals surface area (Å²) in [4.78, 5) is 39.7. The van der Waals surface area contributed by atoms with Gasteiger partial charge in [-0.1, -0.05) is 38.1 Å². The molecule has 2 aromatic carbocycles. The summed E-state index contributed by atoms with van der Waals surface area (Å²) in [6.45, 7) is 6.53. The van der Waals surface area contributed by atoms with Gasteiger partial charge in [0, 0.05) is 23.7 Å². The second-order valence-corrected chi connectivity index (χ2v) is 9.11. The summed E-state index contributed by atoms with van der Waals surface area (Å²) in [5, 5.41) is 17.0. The summed E-state index contributed by atoms with van der Waals surface area (Å²) in [6, 6.07) is 15.8. The molecule has 9 nitrogen and oxygen atoms in total. The highest BCUT2D eigenvalue weighted by Crippen LogP contribution is 2.35. The van der Waals surface area contributed by atoms with Crippen LogP contribution in [0.25, 0.3) is 0 Å². The van der Waals surface area contributed by atoms with Crippen molar-refractivity contribution in [3.05, 3.63) is 77.0 Å². The summed E-state index contributed by atoms with van der Waals surface area (Å²) in [5.41, 5.74) is 6.20. The topological polar surface area (TPSA) is 118 Å². The minimum atomic E-state index is -0.350. The molecule has 0 spiro atoms. The van der Waals surface area contributed by atoms with Crippen LogP contribution in [-0.4, -0.2) is 46.9 Å². The highest BCUT2D eigenvalue weighted by atomic mass is 16.2. The Kier molecular flexibility index (Phi) is 7.89. The highest BCUT2D eigenvalue weighted by Gasteiger charge is 2.40. The Bertz CT molecular complexity index is 1250. The van der Waals surface area contributed by atoms with Gasteiger partial charge in [0.15, 0.2) is 0 Å². The van der Waals surface area contributed by atoms with Crippen LogP contribution in [0.2, 0.25) is 0 Å². The quantitative estimate of drug-likeness (QED) is 0.560. The molecule has 3 amide bonds. The van der Waals surface area contributed by atoms with Gasteiger partial charge in [-0.25, -0.2) is 5.43 Å². The van der Waals surface area contributed by atoms with Gasteiger partial charge in [-0.05, 0) is 55.7 Å². The first-order valence-corrected chi connectivity index (χ1v) is 12.7. The zero-order valence-electron chi connectivity index (χ0n) is 21.3. The third-order valence-electron chi connectivity index (χ3n) is 6.48. The van der Waals surface area contributed by atoms with Crippen molar-refractivity contribution in [1.29, 1.82) is 5.26 Å². The van der Waals surface area contributed by atoms with Crippen LogP contribution in [0.3, 0.4) is 0 Å². The molecule has 37 heavy (non-hydrogen) atoms. The van der Waals surface area contributed by atoms with Crippen LogP contribution in [0, 0.1) is 17.2 Å². The monoisotopic (exact) mass is 500 g/mol. The molecule has 5 rings (SSSR count). The lowest BCUT2D eigenvalue weighted by atomic mass is 10.0. The summed E-state index contributed by atoms with van der Waals surface area (Å²) in [5.74, 6) is -0.451. The molecular formula is C28H32N6O3.